The average molecular weight is 1610 g/mol. The summed E-state index contributed by atoms with van der Waals surface area (Å²) in [4.78, 5) is 68.0. The molecule has 15 aromatic heterocycles. The largest absolute Gasteiger partial charge is 0.442 e. The molecule has 0 saturated heterocycles. The van der Waals surface area contributed by atoms with Crippen LogP contribution in [0.2, 0.25) is 0 Å². The van der Waals surface area contributed by atoms with Gasteiger partial charge in [-0.3, -0.25) is 15.0 Å². The molecule has 0 aliphatic carbocycles. The number of aromatic nitrogens is 28. The molecule has 0 aliphatic heterocycles. The summed E-state index contributed by atoms with van der Waals surface area (Å²) in [6, 6.07) is 54.4. The van der Waals surface area contributed by atoms with Gasteiger partial charge in [-0.1, -0.05) is 109 Å². The molecular weight excluding hydrogens is 1550 g/mol. The maximum Gasteiger partial charge on any atom is 0.266 e. The molecule has 0 fully saturated rings. The first kappa shape index (κ1) is 77.1. The third kappa shape index (κ3) is 18.6. The van der Waals surface area contributed by atoms with Crippen molar-refractivity contribution >= 4 is 0 Å². The van der Waals surface area contributed by atoms with Crippen molar-refractivity contribution in [1.29, 1.82) is 0 Å². The highest BCUT2D eigenvalue weighted by atomic mass is 19.1. The van der Waals surface area contributed by atoms with E-state index in [2.05, 4.69) is 110 Å². The first-order valence-corrected chi connectivity index (χ1v) is 36.4. The van der Waals surface area contributed by atoms with Crippen molar-refractivity contribution in [2.45, 2.75) is 32.7 Å². The van der Waals surface area contributed by atoms with E-state index >= 15 is 0 Å². The second-order valence-corrected chi connectivity index (χ2v) is 25.1. The van der Waals surface area contributed by atoms with Gasteiger partial charge in [-0.2, -0.15) is 20.1 Å². The molecule has 590 valence electrons. The highest BCUT2D eigenvalue weighted by Crippen LogP contribution is 2.28. The van der Waals surface area contributed by atoms with Crippen molar-refractivity contribution in [2.24, 2.45) is 0 Å². The number of benzene rings is 5. The lowest BCUT2D eigenvalue weighted by atomic mass is 10.2. The Kier molecular flexibility index (Phi) is 23.7. The lowest BCUT2D eigenvalue weighted by Crippen LogP contribution is -2.10. The fourth-order valence-electron chi connectivity index (χ4n) is 11.6. The fourth-order valence-corrected chi connectivity index (χ4v) is 11.6. The van der Waals surface area contributed by atoms with Crippen molar-refractivity contribution in [1.82, 2.24) is 138 Å². The van der Waals surface area contributed by atoms with E-state index in [1.165, 1.54) is 89.5 Å². The van der Waals surface area contributed by atoms with Crippen molar-refractivity contribution in [3.05, 3.63) is 357 Å². The van der Waals surface area contributed by atoms with Crippen LogP contribution in [-0.4, -0.2) is 138 Å². The SMILES string of the molecule is Fc1ccccc1Cn1nc(-c2ccccn2)nc1-c1ncco1.Fc1ccccc1Cn1nc(-c2ccccn2)nc1-n1cccn1.Fc1ccccc1Cn1nc(-c2ncccn2)nc1-c1ncco1.Fc1ccccc1Cn1nc(-c2ncco2)nc1-c1ccccn1.Fc1ccccc1Cn1nc(-c2ncco2)nc1-c1ncccn1. The summed E-state index contributed by atoms with van der Waals surface area (Å²) in [5, 5.41) is 26.3. The quantitative estimate of drug-likeness (QED) is 0.0640. The van der Waals surface area contributed by atoms with E-state index < -0.39 is 0 Å². The molecule has 0 atom stereocenters. The van der Waals surface area contributed by atoms with Crippen LogP contribution < -0.4 is 0 Å². The van der Waals surface area contributed by atoms with Crippen LogP contribution in [0, 0.1) is 29.1 Å². The molecule has 5 aromatic carbocycles. The summed E-state index contributed by atoms with van der Waals surface area (Å²) < 4.78 is 100. The summed E-state index contributed by atoms with van der Waals surface area (Å²) in [6.45, 7) is 1.07. The number of hydrogen-bond donors (Lipinski definition) is 0. The molecule has 0 saturated carbocycles. The zero-order chi connectivity index (χ0) is 81.8. The van der Waals surface area contributed by atoms with E-state index in [0.717, 1.165) is 0 Å². The van der Waals surface area contributed by atoms with E-state index in [0.29, 0.717) is 133 Å². The Labute approximate surface area is 675 Å². The molecule has 0 N–H and O–H groups in total. The topological polar surface area (TPSA) is 366 Å². The van der Waals surface area contributed by atoms with Gasteiger partial charge in [0.15, 0.2) is 29.1 Å². The Bertz CT molecular complexity index is 6070. The molecule has 120 heavy (non-hydrogen) atoms. The van der Waals surface area contributed by atoms with E-state index in [4.69, 9.17) is 17.7 Å². The molecule has 0 bridgehead atoms. The third-order valence-corrected chi connectivity index (χ3v) is 17.1. The van der Waals surface area contributed by atoms with Crippen LogP contribution in [-0.2, 0) is 32.7 Å². The van der Waals surface area contributed by atoms with E-state index in [9.17, 15) is 22.0 Å². The first-order chi connectivity index (χ1) is 59.0. The lowest BCUT2D eigenvalue weighted by Gasteiger charge is -2.06. The monoisotopic (exact) mass is 1610 g/mol. The van der Waals surface area contributed by atoms with Crippen LogP contribution in [0.5, 0.6) is 0 Å². The summed E-state index contributed by atoms with van der Waals surface area (Å²) >= 11 is 0. The van der Waals surface area contributed by atoms with Crippen molar-refractivity contribution in [3.8, 4) is 111 Å². The molecule has 0 radical (unpaired) electrons. The molecular formula is C83H59F5N28O4. The summed E-state index contributed by atoms with van der Waals surface area (Å²) in [5.41, 5.74) is 4.42. The van der Waals surface area contributed by atoms with Gasteiger partial charge in [0.25, 0.3) is 23.6 Å². The molecule has 37 heteroatoms. The minimum absolute atomic E-state index is 0.185. The highest BCUT2D eigenvalue weighted by Gasteiger charge is 2.25. The Hall–Kier alpha value is -16.9. The van der Waals surface area contributed by atoms with Gasteiger partial charge >= 0.3 is 0 Å². The average Bonchev–Trinajstić information content (AvgIpc) is 1.68. The maximum atomic E-state index is 14.0. The fraction of sp³-hybridized carbons (Fsp3) is 0.0602. The molecule has 0 spiro atoms. The molecule has 20 aromatic rings. The van der Waals surface area contributed by atoms with Crippen LogP contribution >= 0.6 is 0 Å². The predicted molar refractivity (Wildman–Crippen MR) is 418 cm³/mol. The Balaban J connectivity index is 0.000000112. The maximum absolute atomic E-state index is 14.0. The van der Waals surface area contributed by atoms with Gasteiger partial charge in [-0.15, -0.1) is 25.5 Å². The van der Waals surface area contributed by atoms with Crippen LogP contribution in [0.25, 0.3) is 111 Å². The minimum atomic E-state index is -0.316. The smallest absolute Gasteiger partial charge is 0.266 e. The third-order valence-electron chi connectivity index (χ3n) is 17.1. The normalized spacial score (nSPS) is 10.9. The van der Waals surface area contributed by atoms with E-state index in [-0.39, 0.29) is 67.7 Å². The molecule has 0 aliphatic rings. The molecule has 15 heterocycles. The standard InChI is InChI=1S/C17H13FN6.2C17H12FN5O.2C16H11FN6O/c18-14-7-2-1-6-13(14)12-24-17(23-11-5-10-20-23)21-16(22-24)15-8-3-4-9-19-15;18-13-6-2-1-5-12(13)11-23-16(14-7-3-4-8-19-14)21-15(22-23)17-20-9-10-24-17;18-13-6-2-1-5-12(13)11-23-16(17-20-9-10-24-17)21-15(22-23)14-7-3-4-8-19-14;17-12-5-2-1-4-11(12)10-23-15(13-18-6-3-7-19-13)21-14(22-23)16-20-8-9-24-16;17-12-5-2-1-4-11(12)10-23-15(16-20-8-9-24-16)21-14(22-23)13-18-6-3-7-19-13/h1-11H,12H2;2*1-10H,11H2;2*1-9H,10H2. The van der Waals surface area contributed by atoms with Gasteiger partial charge in [0, 0.05) is 83.6 Å². The van der Waals surface area contributed by atoms with Crippen molar-refractivity contribution < 1.29 is 39.6 Å². The van der Waals surface area contributed by atoms with Crippen LogP contribution in [0.3, 0.4) is 0 Å². The molecule has 0 unspecified atom stereocenters. The summed E-state index contributed by atoms with van der Waals surface area (Å²) in [7, 11) is 0. The predicted octanol–water partition coefficient (Wildman–Crippen LogP) is 14.2. The molecule has 32 nitrogen and oxygen atoms in total. The van der Waals surface area contributed by atoms with Gasteiger partial charge in [-0.25, -0.2) is 99.9 Å². The Morgan fingerprint density at radius 3 is 0.958 bits per heavy atom. The number of pyridine rings is 3. The Morgan fingerprint density at radius 2 is 0.558 bits per heavy atom. The molecule has 0 amide bonds. The lowest BCUT2D eigenvalue weighted by molar-refractivity contribution is 0.550. The summed E-state index contributed by atoms with van der Waals surface area (Å²) in [6.07, 6.45) is 26.7. The second kappa shape index (κ2) is 36.9. The number of rotatable bonds is 20. The van der Waals surface area contributed by atoms with Crippen LogP contribution in [0.15, 0.2) is 317 Å². The zero-order valence-electron chi connectivity index (χ0n) is 62.4. The van der Waals surface area contributed by atoms with E-state index in [1.807, 2.05) is 54.6 Å². The van der Waals surface area contributed by atoms with Crippen molar-refractivity contribution in [3.63, 3.8) is 0 Å². The van der Waals surface area contributed by atoms with Gasteiger partial charge in [0.2, 0.25) is 40.9 Å². The van der Waals surface area contributed by atoms with Gasteiger partial charge < -0.3 is 17.7 Å². The van der Waals surface area contributed by atoms with Crippen LogP contribution in [0.1, 0.15) is 27.8 Å². The van der Waals surface area contributed by atoms with E-state index in [1.54, 1.807) is 184 Å². The summed E-state index contributed by atoms with van der Waals surface area (Å²) in [5.74, 6) is 4.53. The number of oxazole rings is 4. The number of hydrogen-bond acceptors (Lipinski definition) is 26. The first-order valence-electron chi connectivity index (χ1n) is 36.4. The van der Waals surface area contributed by atoms with Crippen LogP contribution in [0.4, 0.5) is 22.0 Å². The Morgan fingerprint density at radius 1 is 0.233 bits per heavy atom. The second-order valence-electron chi connectivity index (χ2n) is 25.1. The zero-order valence-corrected chi connectivity index (χ0v) is 62.4. The van der Waals surface area contributed by atoms with Gasteiger partial charge in [-0.05, 0) is 84.9 Å². The molecule has 20 rings (SSSR count). The minimum Gasteiger partial charge on any atom is -0.442 e. The van der Waals surface area contributed by atoms with Gasteiger partial charge in [0.05, 0.1) is 57.5 Å². The van der Waals surface area contributed by atoms with Crippen molar-refractivity contribution in [2.75, 3.05) is 0 Å². The number of nitrogens with zero attached hydrogens (tertiary/aromatic N) is 28. The highest BCUT2D eigenvalue weighted by molar-refractivity contribution is 5.56. The van der Waals surface area contributed by atoms with Gasteiger partial charge in [0.1, 0.15) is 71.2 Å². The number of halogens is 5.